The summed E-state index contributed by atoms with van der Waals surface area (Å²) in [7, 11) is 8.46. The second kappa shape index (κ2) is 17.7. The van der Waals surface area contributed by atoms with Crippen LogP contribution < -0.4 is 9.47 Å². The van der Waals surface area contributed by atoms with Gasteiger partial charge in [0.05, 0.1) is 41.3 Å². The summed E-state index contributed by atoms with van der Waals surface area (Å²) in [6.45, 7) is 15.3. The molecule has 0 fully saturated rings. The van der Waals surface area contributed by atoms with Gasteiger partial charge in [0.25, 0.3) is 0 Å². The predicted molar refractivity (Wildman–Crippen MR) is 182 cm³/mol. The number of unbranched alkanes of at least 4 members (excludes halogenated alkanes) is 7. The van der Waals surface area contributed by atoms with Gasteiger partial charge in [-0.3, -0.25) is 0 Å². The van der Waals surface area contributed by atoms with Gasteiger partial charge in [-0.05, 0) is 85.8 Å². The van der Waals surface area contributed by atoms with Crippen molar-refractivity contribution in [3.05, 3.63) is 58.7 Å². The summed E-state index contributed by atoms with van der Waals surface area (Å²) in [4.78, 5) is 25.4. The number of aryl methyl sites for hydroxylation is 2. The third-order valence-corrected chi connectivity index (χ3v) is 8.60. The Labute approximate surface area is 268 Å². The third kappa shape index (κ3) is 13.9. The molecule has 2 rings (SSSR count). The monoisotopic (exact) mass is 610 g/mol. The zero-order valence-corrected chi connectivity index (χ0v) is 29.6. The van der Waals surface area contributed by atoms with Crippen molar-refractivity contribution in [2.45, 2.75) is 105 Å². The molecule has 44 heavy (non-hydrogen) atoms. The van der Waals surface area contributed by atoms with Crippen LogP contribution >= 0.6 is 0 Å². The van der Waals surface area contributed by atoms with E-state index in [1.807, 2.05) is 38.1 Å². The maximum atomic E-state index is 12.7. The minimum atomic E-state index is -0.163. The smallest absolute Gasteiger partial charge is 0.367 e. The molecule has 0 saturated heterocycles. The number of quaternary nitrogens is 2. The van der Waals surface area contributed by atoms with Crippen molar-refractivity contribution in [2.24, 2.45) is 0 Å². The molecule has 0 unspecified atom stereocenters. The number of nitrogens with zero attached hydrogens (tertiary/aromatic N) is 2. The number of benzene rings is 2. The lowest BCUT2D eigenvalue weighted by molar-refractivity contribution is -0.883. The first-order chi connectivity index (χ1) is 20.6. The molecule has 0 saturated carbocycles. The molecule has 0 heterocycles. The van der Waals surface area contributed by atoms with Crippen LogP contribution in [0.25, 0.3) is 0 Å². The zero-order chi connectivity index (χ0) is 32.9. The van der Waals surface area contributed by atoms with Gasteiger partial charge in [-0.25, -0.2) is 9.59 Å². The Morgan fingerprint density at radius 3 is 1.20 bits per heavy atom. The lowest BCUT2D eigenvalue weighted by atomic mass is 10.0. The summed E-state index contributed by atoms with van der Waals surface area (Å²) < 4.78 is 12.8. The standard InChI is InChI=1S/C38H62N2O4/c1-29(2)33-21-19-31(5)35(25-33)43-37(41)27-39(7,8)23-17-15-13-11-12-14-16-18-24-40(9,10)28-38(42)44-36-26-34(30(3)4)22-20-32(36)6/h19-22,25-26,29-30H,11-18,23-24,27-28H2,1-10H3/q+2. The van der Waals surface area contributed by atoms with E-state index in [2.05, 4.69) is 68.0 Å². The van der Waals surface area contributed by atoms with E-state index in [0.29, 0.717) is 45.4 Å². The van der Waals surface area contributed by atoms with Crippen LogP contribution in [-0.4, -0.2) is 75.3 Å². The molecule has 2 aromatic carbocycles. The van der Waals surface area contributed by atoms with Gasteiger partial charge in [-0.15, -0.1) is 0 Å². The van der Waals surface area contributed by atoms with Crippen LogP contribution in [-0.2, 0) is 9.59 Å². The fraction of sp³-hybridized carbons (Fsp3) is 0.632. The third-order valence-electron chi connectivity index (χ3n) is 8.60. The average Bonchev–Trinajstić information content (AvgIpc) is 2.91. The second-order valence-electron chi connectivity index (χ2n) is 14.8. The quantitative estimate of drug-likeness (QED) is 0.0695. The van der Waals surface area contributed by atoms with E-state index in [9.17, 15) is 9.59 Å². The van der Waals surface area contributed by atoms with Crippen molar-refractivity contribution >= 4 is 11.9 Å². The van der Waals surface area contributed by atoms with Crippen molar-refractivity contribution in [3.8, 4) is 11.5 Å². The summed E-state index contributed by atoms with van der Waals surface area (Å²) in [6.07, 6.45) is 9.58. The highest BCUT2D eigenvalue weighted by molar-refractivity contribution is 5.74. The number of esters is 2. The zero-order valence-electron chi connectivity index (χ0n) is 29.6. The molecule has 0 atom stereocenters. The van der Waals surface area contributed by atoms with Crippen molar-refractivity contribution in [1.82, 2.24) is 0 Å². The molecule has 0 bridgehead atoms. The van der Waals surface area contributed by atoms with E-state index < -0.39 is 0 Å². The number of hydrogen-bond acceptors (Lipinski definition) is 4. The van der Waals surface area contributed by atoms with Crippen molar-refractivity contribution < 1.29 is 28.0 Å². The molecule has 2 aromatic rings. The van der Waals surface area contributed by atoms with E-state index in [1.165, 1.54) is 49.7 Å². The van der Waals surface area contributed by atoms with Gasteiger partial charge in [0.2, 0.25) is 0 Å². The first kappa shape index (κ1) is 37.5. The minimum Gasteiger partial charge on any atom is -0.422 e. The Morgan fingerprint density at radius 2 is 0.886 bits per heavy atom. The topological polar surface area (TPSA) is 52.6 Å². The Morgan fingerprint density at radius 1 is 0.568 bits per heavy atom. The molecule has 246 valence electrons. The Kier molecular flexibility index (Phi) is 15.1. The van der Waals surface area contributed by atoms with Gasteiger partial charge in [-0.2, -0.15) is 0 Å². The average molecular weight is 611 g/mol. The highest BCUT2D eigenvalue weighted by Gasteiger charge is 2.23. The molecule has 0 aliphatic rings. The Bertz CT molecular complexity index is 1110. The molecule has 0 aliphatic carbocycles. The lowest BCUT2D eigenvalue weighted by Crippen LogP contribution is -2.45. The summed E-state index contributed by atoms with van der Waals surface area (Å²) in [5.74, 6) is 1.85. The molecule has 0 aromatic heterocycles. The molecule has 0 spiro atoms. The molecular weight excluding hydrogens is 548 g/mol. The largest absolute Gasteiger partial charge is 0.422 e. The predicted octanol–water partition coefficient (Wildman–Crippen LogP) is 8.33. The normalized spacial score (nSPS) is 12.2. The van der Waals surface area contributed by atoms with Crippen LogP contribution in [0.4, 0.5) is 0 Å². The van der Waals surface area contributed by atoms with E-state index in [0.717, 1.165) is 37.1 Å². The summed E-state index contributed by atoms with van der Waals surface area (Å²) in [6, 6.07) is 12.3. The van der Waals surface area contributed by atoms with E-state index >= 15 is 0 Å². The first-order valence-electron chi connectivity index (χ1n) is 16.8. The van der Waals surface area contributed by atoms with Crippen LogP contribution in [0.15, 0.2) is 36.4 Å². The van der Waals surface area contributed by atoms with Crippen molar-refractivity contribution in [2.75, 3.05) is 54.4 Å². The highest BCUT2D eigenvalue weighted by atomic mass is 16.5. The number of hydrogen-bond donors (Lipinski definition) is 0. The van der Waals surface area contributed by atoms with E-state index in [-0.39, 0.29) is 11.9 Å². The Balaban J connectivity index is 1.57. The van der Waals surface area contributed by atoms with Gasteiger partial charge in [0, 0.05) is 0 Å². The second-order valence-corrected chi connectivity index (χ2v) is 14.8. The summed E-state index contributed by atoms with van der Waals surface area (Å²) in [5.41, 5.74) is 4.36. The van der Waals surface area contributed by atoms with E-state index in [1.54, 1.807) is 0 Å². The number of rotatable bonds is 19. The molecule has 6 nitrogen and oxygen atoms in total. The SMILES string of the molecule is Cc1ccc(C(C)C)cc1OC(=O)C[N+](C)(C)CCCCCCCCCC[N+](C)(C)CC(=O)Oc1cc(C(C)C)ccc1C. The van der Waals surface area contributed by atoms with Gasteiger partial charge < -0.3 is 18.4 Å². The van der Waals surface area contributed by atoms with Crippen LogP contribution in [0.1, 0.15) is 113 Å². The van der Waals surface area contributed by atoms with Gasteiger partial charge in [0.15, 0.2) is 13.1 Å². The fourth-order valence-electron chi connectivity index (χ4n) is 5.48. The molecule has 0 aliphatic heterocycles. The molecule has 0 radical (unpaired) electrons. The van der Waals surface area contributed by atoms with E-state index in [4.69, 9.17) is 9.47 Å². The maximum Gasteiger partial charge on any atom is 0.367 e. The van der Waals surface area contributed by atoms with Crippen molar-refractivity contribution in [3.63, 3.8) is 0 Å². The molecule has 0 amide bonds. The first-order valence-corrected chi connectivity index (χ1v) is 16.8. The van der Waals surface area contributed by atoms with Gasteiger partial charge in [-0.1, -0.05) is 77.6 Å². The number of ether oxygens (including phenoxy) is 2. The van der Waals surface area contributed by atoms with Gasteiger partial charge >= 0.3 is 11.9 Å². The fourth-order valence-corrected chi connectivity index (χ4v) is 5.48. The molecule has 0 N–H and O–H groups in total. The highest BCUT2D eigenvalue weighted by Crippen LogP contribution is 2.26. The van der Waals surface area contributed by atoms with Crippen LogP contribution in [0.2, 0.25) is 0 Å². The maximum absolute atomic E-state index is 12.7. The van der Waals surface area contributed by atoms with Crippen LogP contribution in [0.3, 0.4) is 0 Å². The summed E-state index contributed by atoms with van der Waals surface area (Å²) in [5, 5.41) is 0. The minimum absolute atomic E-state index is 0.163. The van der Waals surface area contributed by atoms with Crippen molar-refractivity contribution in [1.29, 1.82) is 0 Å². The van der Waals surface area contributed by atoms with Crippen LogP contribution in [0, 0.1) is 13.8 Å². The number of carbonyl (C=O) groups is 2. The van der Waals surface area contributed by atoms with Gasteiger partial charge in [0.1, 0.15) is 11.5 Å². The molecular formula is C38H62N2O4+2. The number of likely N-dealkylation sites (N-methyl/N-ethyl adjacent to an activating group) is 2. The number of carbonyl (C=O) groups excluding carboxylic acids is 2. The molecule has 6 heteroatoms. The lowest BCUT2D eigenvalue weighted by Gasteiger charge is -2.28. The van der Waals surface area contributed by atoms with Crippen LogP contribution in [0.5, 0.6) is 11.5 Å². The Hall–Kier alpha value is -2.70. The summed E-state index contributed by atoms with van der Waals surface area (Å²) >= 11 is 0.